The van der Waals surface area contributed by atoms with Crippen molar-refractivity contribution in [2.45, 2.75) is 36.7 Å². The van der Waals surface area contributed by atoms with Crippen molar-refractivity contribution in [2.24, 2.45) is 0 Å². The highest BCUT2D eigenvalue weighted by Crippen LogP contribution is 2.29. The minimum atomic E-state index is -3.73. The van der Waals surface area contributed by atoms with E-state index >= 15 is 0 Å². The van der Waals surface area contributed by atoms with Gasteiger partial charge in [-0.15, -0.1) is 0 Å². The van der Waals surface area contributed by atoms with Crippen LogP contribution >= 0.6 is 11.6 Å². The zero-order valence-electron chi connectivity index (χ0n) is 13.9. The van der Waals surface area contributed by atoms with Gasteiger partial charge in [-0.1, -0.05) is 11.6 Å². The molecule has 134 valence electrons. The second-order valence-corrected chi connectivity index (χ2v) is 8.04. The maximum Gasteiger partial charge on any atom is 0.261 e. The van der Waals surface area contributed by atoms with Gasteiger partial charge < -0.3 is 9.47 Å². The van der Waals surface area contributed by atoms with Crippen LogP contribution in [0.5, 0.6) is 11.5 Å². The first-order valence-electron chi connectivity index (χ1n) is 8.11. The van der Waals surface area contributed by atoms with Crippen molar-refractivity contribution in [3.8, 4) is 11.5 Å². The summed E-state index contributed by atoms with van der Waals surface area (Å²) in [6.07, 6.45) is 4.82. The van der Waals surface area contributed by atoms with E-state index in [0.29, 0.717) is 11.4 Å². The SMILES string of the molecule is COc1ccc(S(=O)(=O)Nc2ccc(OC3CCCC3)cc2)cc1Cl. The number of hydrogen-bond donors (Lipinski definition) is 1. The number of halogens is 1. The first kappa shape index (κ1) is 17.9. The zero-order chi connectivity index (χ0) is 17.9. The van der Waals surface area contributed by atoms with Crippen LogP contribution in [-0.4, -0.2) is 21.6 Å². The highest BCUT2D eigenvalue weighted by Gasteiger charge is 2.18. The fourth-order valence-corrected chi connectivity index (χ4v) is 4.24. The van der Waals surface area contributed by atoms with Gasteiger partial charge in [-0.25, -0.2) is 8.42 Å². The van der Waals surface area contributed by atoms with E-state index in [0.717, 1.165) is 18.6 Å². The molecule has 0 aliphatic heterocycles. The Bertz CT molecular complexity index is 831. The molecule has 0 heterocycles. The lowest BCUT2D eigenvalue weighted by Gasteiger charge is -2.14. The maximum atomic E-state index is 12.5. The molecule has 1 fully saturated rings. The molecule has 0 spiro atoms. The molecule has 2 aromatic carbocycles. The van der Waals surface area contributed by atoms with Gasteiger partial charge in [0, 0.05) is 5.69 Å². The van der Waals surface area contributed by atoms with Crippen LogP contribution in [0.15, 0.2) is 47.4 Å². The summed E-state index contributed by atoms with van der Waals surface area (Å²) in [7, 11) is -2.25. The number of ether oxygens (including phenoxy) is 2. The van der Waals surface area contributed by atoms with Crippen molar-refractivity contribution >= 4 is 27.3 Å². The summed E-state index contributed by atoms with van der Waals surface area (Å²) in [5, 5.41) is 0.241. The zero-order valence-corrected chi connectivity index (χ0v) is 15.4. The Morgan fingerprint density at radius 1 is 1.08 bits per heavy atom. The van der Waals surface area contributed by atoms with Crippen LogP contribution in [0.25, 0.3) is 0 Å². The molecule has 1 aliphatic carbocycles. The van der Waals surface area contributed by atoms with Gasteiger partial charge in [-0.2, -0.15) is 0 Å². The minimum Gasteiger partial charge on any atom is -0.495 e. The summed E-state index contributed by atoms with van der Waals surface area (Å²) in [5.41, 5.74) is 0.464. The van der Waals surface area contributed by atoms with E-state index in [1.165, 1.54) is 38.2 Å². The van der Waals surface area contributed by atoms with E-state index in [1.54, 1.807) is 24.3 Å². The van der Waals surface area contributed by atoms with E-state index < -0.39 is 10.0 Å². The average Bonchev–Trinajstić information content (AvgIpc) is 3.09. The molecule has 5 nitrogen and oxygen atoms in total. The molecule has 0 atom stereocenters. The largest absolute Gasteiger partial charge is 0.495 e. The molecule has 25 heavy (non-hydrogen) atoms. The topological polar surface area (TPSA) is 64.6 Å². The Balaban J connectivity index is 1.71. The highest BCUT2D eigenvalue weighted by atomic mass is 35.5. The fraction of sp³-hybridized carbons (Fsp3) is 0.333. The monoisotopic (exact) mass is 381 g/mol. The predicted octanol–water partition coefficient (Wildman–Crippen LogP) is 4.47. The van der Waals surface area contributed by atoms with Crippen molar-refractivity contribution in [2.75, 3.05) is 11.8 Å². The van der Waals surface area contributed by atoms with Crippen LogP contribution in [0.1, 0.15) is 25.7 Å². The summed E-state index contributed by atoms with van der Waals surface area (Å²) in [4.78, 5) is 0.0737. The van der Waals surface area contributed by atoms with Gasteiger partial charge in [0.25, 0.3) is 10.0 Å². The number of benzene rings is 2. The smallest absolute Gasteiger partial charge is 0.261 e. The van der Waals surface area contributed by atoms with Gasteiger partial charge in [0.05, 0.1) is 23.1 Å². The molecule has 2 aromatic rings. The Labute approximate surface area is 153 Å². The van der Waals surface area contributed by atoms with Crippen molar-refractivity contribution in [1.82, 2.24) is 0 Å². The van der Waals surface area contributed by atoms with Crippen LogP contribution in [0.3, 0.4) is 0 Å². The minimum absolute atomic E-state index is 0.0737. The molecule has 0 amide bonds. The number of anilines is 1. The van der Waals surface area contributed by atoms with E-state index in [2.05, 4.69) is 4.72 Å². The molecule has 1 saturated carbocycles. The summed E-state index contributed by atoms with van der Waals surface area (Å²) in [6.45, 7) is 0. The predicted molar refractivity (Wildman–Crippen MR) is 98.1 cm³/mol. The van der Waals surface area contributed by atoms with E-state index in [-0.39, 0.29) is 16.0 Å². The number of rotatable bonds is 6. The Morgan fingerprint density at radius 3 is 2.36 bits per heavy atom. The summed E-state index contributed by atoms with van der Waals surface area (Å²) >= 11 is 6.01. The van der Waals surface area contributed by atoms with Gasteiger partial charge in [0.15, 0.2) is 0 Å². The molecule has 1 N–H and O–H groups in total. The molecular weight excluding hydrogens is 362 g/mol. The summed E-state index contributed by atoms with van der Waals surface area (Å²) in [5.74, 6) is 1.18. The molecule has 0 aromatic heterocycles. The van der Waals surface area contributed by atoms with Gasteiger partial charge >= 0.3 is 0 Å². The third-order valence-electron chi connectivity index (χ3n) is 4.15. The molecule has 7 heteroatoms. The summed E-state index contributed by atoms with van der Waals surface area (Å²) in [6, 6.07) is 11.3. The quantitative estimate of drug-likeness (QED) is 0.801. The molecule has 0 saturated heterocycles. The van der Waals surface area contributed by atoms with Crippen LogP contribution in [0.2, 0.25) is 5.02 Å². The molecule has 0 unspecified atom stereocenters. The van der Waals surface area contributed by atoms with Crippen molar-refractivity contribution < 1.29 is 17.9 Å². The number of hydrogen-bond acceptors (Lipinski definition) is 4. The van der Waals surface area contributed by atoms with Crippen LogP contribution in [-0.2, 0) is 10.0 Å². The molecule has 3 rings (SSSR count). The van der Waals surface area contributed by atoms with Gasteiger partial charge in [-0.3, -0.25) is 4.72 Å². The normalized spacial score (nSPS) is 15.1. The second kappa shape index (κ2) is 7.54. The van der Waals surface area contributed by atoms with Crippen LogP contribution in [0, 0.1) is 0 Å². The van der Waals surface area contributed by atoms with Crippen LogP contribution in [0.4, 0.5) is 5.69 Å². The number of methoxy groups -OCH3 is 1. The van der Waals surface area contributed by atoms with E-state index in [1.807, 2.05) is 0 Å². The Morgan fingerprint density at radius 2 is 1.76 bits per heavy atom. The number of sulfonamides is 1. The van der Waals surface area contributed by atoms with Crippen molar-refractivity contribution in [1.29, 1.82) is 0 Å². The van der Waals surface area contributed by atoms with Crippen molar-refractivity contribution in [3.05, 3.63) is 47.5 Å². The first-order chi connectivity index (χ1) is 12.0. The van der Waals surface area contributed by atoms with Gasteiger partial charge in [0.1, 0.15) is 11.5 Å². The number of nitrogens with one attached hydrogen (secondary N) is 1. The molecule has 0 radical (unpaired) electrons. The highest BCUT2D eigenvalue weighted by molar-refractivity contribution is 7.92. The van der Waals surface area contributed by atoms with Gasteiger partial charge in [-0.05, 0) is 68.1 Å². The second-order valence-electron chi connectivity index (χ2n) is 5.95. The standard InChI is InChI=1S/C18H20ClNO4S/c1-23-18-11-10-16(12-17(18)19)25(21,22)20-13-6-8-15(9-7-13)24-14-4-2-3-5-14/h6-12,14,20H,2-5H2,1H3. The van der Waals surface area contributed by atoms with E-state index in [4.69, 9.17) is 21.1 Å². The van der Waals surface area contributed by atoms with Crippen LogP contribution < -0.4 is 14.2 Å². The maximum absolute atomic E-state index is 12.5. The summed E-state index contributed by atoms with van der Waals surface area (Å²) < 4.78 is 38.4. The van der Waals surface area contributed by atoms with E-state index in [9.17, 15) is 8.42 Å². The third-order valence-corrected chi connectivity index (χ3v) is 5.82. The van der Waals surface area contributed by atoms with Crippen molar-refractivity contribution in [3.63, 3.8) is 0 Å². The average molecular weight is 382 g/mol. The lowest BCUT2D eigenvalue weighted by Crippen LogP contribution is -2.13. The first-order valence-corrected chi connectivity index (χ1v) is 9.97. The lowest BCUT2D eigenvalue weighted by atomic mass is 10.3. The third kappa shape index (κ3) is 4.38. The fourth-order valence-electron chi connectivity index (χ4n) is 2.83. The molecule has 0 bridgehead atoms. The molecular formula is C18H20ClNO4S. The molecule has 1 aliphatic rings. The lowest BCUT2D eigenvalue weighted by molar-refractivity contribution is 0.210. The Hall–Kier alpha value is -1.92. The van der Waals surface area contributed by atoms with Gasteiger partial charge in [0.2, 0.25) is 0 Å². The Kier molecular flexibility index (Phi) is 5.39.